The predicted molar refractivity (Wildman–Crippen MR) is 135 cm³/mol. The third kappa shape index (κ3) is 7.24. The molecule has 0 amide bonds. The molecule has 0 radical (unpaired) electrons. The first-order valence-corrected chi connectivity index (χ1v) is 13.1. The Morgan fingerprint density at radius 2 is 1.94 bits per heavy atom. The van der Waals surface area contributed by atoms with Crippen molar-refractivity contribution >= 4 is 46.1 Å². The van der Waals surface area contributed by atoms with Crippen LogP contribution in [0.5, 0.6) is 5.75 Å². The molecular formula is C22H24N8O3S3. The van der Waals surface area contributed by atoms with E-state index in [9.17, 15) is 10.3 Å². The van der Waals surface area contributed by atoms with Crippen molar-refractivity contribution in [1.29, 1.82) is 0 Å². The van der Waals surface area contributed by atoms with Crippen LogP contribution in [0.3, 0.4) is 0 Å². The number of rotatable bonds is 10. The third-order valence-electron chi connectivity index (χ3n) is 4.57. The van der Waals surface area contributed by atoms with Gasteiger partial charge in [0.15, 0.2) is 5.16 Å². The zero-order valence-corrected chi connectivity index (χ0v) is 22.5. The Hall–Kier alpha value is -3.04. The Bertz CT molecular complexity index is 1350. The van der Waals surface area contributed by atoms with E-state index in [0.717, 1.165) is 16.4 Å². The smallest absolute Gasteiger partial charge is 0.228 e. The Balaban J connectivity index is 1.57. The minimum absolute atomic E-state index is 0.162. The molecule has 11 nitrogen and oxygen atoms in total. The van der Waals surface area contributed by atoms with E-state index in [1.807, 2.05) is 43.4 Å². The van der Waals surface area contributed by atoms with Crippen molar-refractivity contribution in [2.45, 2.75) is 26.9 Å². The molecule has 1 N–H and O–H groups in total. The Labute approximate surface area is 220 Å². The van der Waals surface area contributed by atoms with E-state index >= 15 is 0 Å². The lowest BCUT2D eigenvalue weighted by Crippen LogP contribution is -2.38. The molecular weight excluding hydrogens is 520 g/mol. The quantitative estimate of drug-likeness (QED) is 0.137. The predicted octanol–water partition coefficient (Wildman–Crippen LogP) is 2.96. The van der Waals surface area contributed by atoms with Crippen molar-refractivity contribution in [1.82, 2.24) is 29.1 Å². The van der Waals surface area contributed by atoms with Crippen LogP contribution in [0.4, 0.5) is 5.13 Å². The largest absolute Gasteiger partial charge is 0.857 e. The molecule has 188 valence electrons. The standard InChI is InChI=1S/C22H24N8O3S3/c1-14-24-21(36-28-14)26-20(31)19-17(9-10-18(25-19)35-22-27-23-13-29(22)2)34-16-7-5-15(6-8-16)33-12-11-30(3,4)32/h5-10,13,32H,11-12H2,1-4H3. The number of aromatic nitrogens is 6. The minimum Gasteiger partial charge on any atom is -0.857 e. The highest BCUT2D eigenvalue weighted by Crippen LogP contribution is 2.34. The lowest BCUT2D eigenvalue weighted by molar-refractivity contribution is -1.07. The van der Waals surface area contributed by atoms with Crippen molar-refractivity contribution < 1.29 is 19.7 Å². The number of quaternary nitrogens is 1. The molecule has 4 aromatic rings. The summed E-state index contributed by atoms with van der Waals surface area (Å²) in [6, 6.07) is 11.2. The average Bonchev–Trinajstić information content (AvgIpc) is 3.42. The van der Waals surface area contributed by atoms with Gasteiger partial charge in [0.25, 0.3) is 0 Å². The second kappa shape index (κ2) is 11.3. The van der Waals surface area contributed by atoms with Gasteiger partial charge in [0, 0.05) is 34.3 Å². The first kappa shape index (κ1) is 26.0. The molecule has 0 unspecified atom stereocenters. The highest BCUT2D eigenvalue weighted by atomic mass is 32.2. The summed E-state index contributed by atoms with van der Waals surface area (Å²) in [5.74, 6) is 0.752. The van der Waals surface area contributed by atoms with E-state index in [4.69, 9.17) is 4.74 Å². The van der Waals surface area contributed by atoms with Crippen LogP contribution in [0, 0.1) is 6.92 Å². The molecule has 3 heterocycles. The van der Waals surface area contributed by atoms with E-state index < -0.39 is 5.90 Å². The van der Waals surface area contributed by atoms with E-state index in [1.165, 1.54) is 23.5 Å². The zero-order valence-electron chi connectivity index (χ0n) is 20.0. The van der Waals surface area contributed by atoms with Crippen LogP contribution < -0.4 is 9.84 Å². The van der Waals surface area contributed by atoms with Gasteiger partial charge < -0.3 is 14.4 Å². The number of likely N-dealkylation sites (N-methyl/N-ethyl adjacent to an activating group) is 1. The number of pyridine rings is 1. The monoisotopic (exact) mass is 544 g/mol. The molecule has 0 saturated carbocycles. The maximum Gasteiger partial charge on any atom is 0.228 e. The summed E-state index contributed by atoms with van der Waals surface area (Å²) in [5, 5.41) is 32.4. The van der Waals surface area contributed by atoms with E-state index in [-0.39, 0.29) is 15.5 Å². The summed E-state index contributed by atoms with van der Waals surface area (Å²) in [5.41, 5.74) is 0.211. The summed E-state index contributed by atoms with van der Waals surface area (Å²) >= 11 is 3.76. The Morgan fingerprint density at radius 1 is 1.17 bits per heavy atom. The Kier molecular flexibility index (Phi) is 8.21. The lowest BCUT2D eigenvalue weighted by atomic mass is 10.3. The fraction of sp³-hybridized carbons (Fsp3) is 0.273. The van der Waals surface area contributed by atoms with Crippen molar-refractivity contribution in [3.63, 3.8) is 0 Å². The summed E-state index contributed by atoms with van der Waals surface area (Å²) in [4.78, 5) is 14.4. The number of aryl methyl sites for hydroxylation is 2. The number of hydrogen-bond acceptors (Lipinski definition) is 12. The topological polar surface area (TPSA) is 134 Å². The lowest BCUT2D eigenvalue weighted by Gasteiger charge is -2.19. The molecule has 3 aromatic heterocycles. The van der Waals surface area contributed by atoms with Crippen LogP contribution in [0.25, 0.3) is 0 Å². The van der Waals surface area contributed by atoms with Crippen LogP contribution in [0.1, 0.15) is 11.5 Å². The molecule has 0 saturated heterocycles. The number of nitrogens with zero attached hydrogens (tertiary/aromatic N) is 8. The van der Waals surface area contributed by atoms with Crippen molar-refractivity contribution in [2.24, 2.45) is 12.0 Å². The fourth-order valence-corrected chi connectivity index (χ4v) is 4.95. The molecule has 1 aromatic carbocycles. The average molecular weight is 545 g/mol. The molecule has 0 spiro atoms. The first-order chi connectivity index (χ1) is 17.2. The maximum atomic E-state index is 13.1. The third-order valence-corrected chi connectivity index (χ3v) is 7.32. The van der Waals surface area contributed by atoms with Crippen LogP contribution in [0.15, 0.2) is 67.7 Å². The van der Waals surface area contributed by atoms with Gasteiger partial charge in [-0.1, -0.05) is 11.8 Å². The molecule has 14 heteroatoms. The van der Waals surface area contributed by atoms with Gasteiger partial charge in [-0.25, -0.2) is 20.2 Å². The van der Waals surface area contributed by atoms with Crippen LogP contribution >= 0.6 is 35.1 Å². The van der Waals surface area contributed by atoms with Gasteiger partial charge in [0.05, 0.1) is 19.8 Å². The van der Waals surface area contributed by atoms with Crippen LogP contribution in [0.2, 0.25) is 0 Å². The summed E-state index contributed by atoms with van der Waals surface area (Å²) in [6.07, 6.45) is 1.60. The van der Waals surface area contributed by atoms with Crippen molar-refractivity contribution in [3.8, 4) is 5.75 Å². The summed E-state index contributed by atoms with van der Waals surface area (Å²) in [6.45, 7) is 2.59. The fourth-order valence-electron chi connectivity index (χ4n) is 2.77. The number of hydroxylamine groups is 3. The summed E-state index contributed by atoms with van der Waals surface area (Å²) in [7, 11) is 5.21. The normalized spacial score (nSPS) is 12.2. The molecule has 0 bridgehead atoms. The van der Waals surface area contributed by atoms with Gasteiger partial charge in [-0.2, -0.15) is 9.02 Å². The highest BCUT2D eigenvalue weighted by Gasteiger charge is 2.13. The van der Waals surface area contributed by atoms with Gasteiger partial charge in [0.2, 0.25) is 5.13 Å². The second-order valence-corrected chi connectivity index (χ2v) is 11.0. The molecule has 0 aliphatic rings. The van der Waals surface area contributed by atoms with Gasteiger partial charge in [-0.15, -0.1) is 10.2 Å². The van der Waals surface area contributed by atoms with Gasteiger partial charge in [0.1, 0.15) is 36.1 Å². The van der Waals surface area contributed by atoms with Gasteiger partial charge >= 0.3 is 0 Å². The van der Waals surface area contributed by atoms with Crippen molar-refractivity contribution in [3.05, 3.63) is 54.2 Å². The zero-order chi connectivity index (χ0) is 25.7. The second-order valence-electron chi connectivity index (χ2n) is 8.13. The van der Waals surface area contributed by atoms with Gasteiger partial charge in [-0.05, 0) is 55.1 Å². The Morgan fingerprint density at radius 3 is 2.58 bits per heavy atom. The summed E-state index contributed by atoms with van der Waals surface area (Å²) < 4.78 is 11.4. The van der Waals surface area contributed by atoms with Crippen molar-refractivity contribution in [2.75, 3.05) is 27.2 Å². The van der Waals surface area contributed by atoms with E-state index in [0.29, 0.717) is 39.8 Å². The van der Waals surface area contributed by atoms with E-state index in [1.54, 1.807) is 31.9 Å². The minimum atomic E-state index is -0.501. The number of benzene rings is 1. The SMILES string of the molecule is Cc1nsc(/N=C(\[O-])c2nc(Sc3nncn3C)ccc2Sc2ccc(OCC[N+](C)(C)O)cc2)n1. The number of aliphatic imine (C=N–C) groups is 1. The molecule has 0 atom stereocenters. The molecule has 4 rings (SSSR count). The first-order valence-electron chi connectivity index (χ1n) is 10.7. The van der Waals surface area contributed by atoms with E-state index in [2.05, 4.69) is 29.5 Å². The van der Waals surface area contributed by atoms with Crippen LogP contribution in [-0.4, -0.2) is 72.1 Å². The maximum absolute atomic E-state index is 13.1. The molecule has 0 fully saturated rings. The van der Waals surface area contributed by atoms with Crippen LogP contribution in [-0.2, 0) is 7.05 Å². The molecule has 0 aliphatic carbocycles. The molecule has 36 heavy (non-hydrogen) atoms. The van der Waals surface area contributed by atoms with Gasteiger partial charge in [-0.3, -0.25) is 0 Å². The number of ether oxygens (including phenoxy) is 1. The molecule has 0 aliphatic heterocycles. The number of hydrogen-bond donors (Lipinski definition) is 1. The highest BCUT2D eigenvalue weighted by molar-refractivity contribution is 7.99.